The Balaban J connectivity index is 1.51. The van der Waals surface area contributed by atoms with Gasteiger partial charge in [-0.1, -0.05) is 23.7 Å². The lowest BCUT2D eigenvalue weighted by Crippen LogP contribution is -2.51. The Labute approximate surface area is 141 Å². The molecule has 0 saturated carbocycles. The minimum Gasteiger partial charge on any atom is -0.342 e. The van der Waals surface area contributed by atoms with Crippen molar-refractivity contribution in [3.8, 4) is 0 Å². The highest BCUT2D eigenvalue weighted by Crippen LogP contribution is 2.18. The van der Waals surface area contributed by atoms with E-state index in [0.29, 0.717) is 30.2 Å². The number of piperazine rings is 1. The second-order valence-electron chi connectivity index (χ2n) is 6.14. The SMILES string of the molecule is O=C(CN1CCN(C(=O)c2ccccc2Cl)CC1)N1CCCC1. The predicted molar refractivity (Wildman–Crippen MR) is 89.6 cm³/mol. The van der Waals surface area contributed by atoms with Crippen LogP contribution in [0.2, 0.25) is 5.02 Å². The van der Waals surface area contributed by atoms with Crippen LogP contribution in [-0.4, -0.2) is 72.3 Å². The summed E-state index contributed by atoms with van der Waals surface area (Å²) in [5.41, 5.74) is 0.552. The third-order valence-corrected chi connectivity index (χ3v) is 4.91. The maximum absolute atomic E-state index is 12.5. The number of hydrogen-bond donors (Lipinski definition) is 0. The molecule has 0 bridgehead atoms. The summed E-state index contributed by atoms with van der Waals surface area (Å²) in [6.45, 7) is 4.99. The van der Waals surface area contributed by atoms with Gasteiger partial charge in [0.05, 0.1) is 17.1 Å². The van der Waals surface area contributed by atoms with Crippen LogP contribution in [-0.2, 0) is 4.79 Å². The minimum atomic E-state index is -0.0267. The first-order valence-corrected chi connectivity index (χ1v) is 8.57. The second kappa shape index (κ2) is 7.32. The van der Waals surface area contributed by atoms with E-state index in [9.17, 15) is 9.59 Å². The number of nitrogens with zero attached hydrogens (tertiary/aromatic N) is 3. The van der Waals surface area contributed by atoms with Gasteiger partial charge in [0, 0.05) is 39.3 Å². The quantitative estimate of drug-likeness (QED) is 0.845. The van der Waals surface area contributed by atoms with Crippen molar-refractivity contribution in [2.24, 2.45) is 0 Å². The number of carbonyl (C=O) groups is 2. The van der Waals surface area contributed by atoms with Gasteiger partial charge in [-0.05, 0) is 25.0 Å². The molecule has 2 saturated heterocycles. The molecule has 0 atom stereocenters. The standard InChI is InChI=1S/C17H22ClN3O2/c18-15-6-2-1-5-14(15)17(23)21-11-9-19(10-12-21)13-16(22)20-7-3-4-8-20/h1-2,5-6H,3-4,7-13H2. The molecular weight excluding hydrogens is 314 g/mol. The van der Waals surface area contributed by atoms with Crippen LogP contribution in [0.5, 0.6) is 0 Å². The van der Waals surface area contributed by atoms with Gasteiger partial charge >= 0.3 is 0 Å². The maximum atomic E-state index is 12.5. The highest BCUT2D eigenvalue weighted by molar-refractivity contribution is 6.33. The van der Waals surface area contributed by atoms with E-state index in [-0.39, 0.29) is 11.8 Å². The smallest absolute Gasteiger partial charge is 0.255 e. The third-order valence-electron chi connectivity index (χ3n) is 4.58. The number of benzene rings is 1. The fourth-order valence-electron chi connectivity index (χ4n) is 3.17. The molecule has 2 heterocycles. The fraction of sp³-hybridized carbons (Fsp3) is 0.529. The molecular formula is C17H22ClN3O2. The average Bonchev–Trinajstić information content (AvgIpc) is 3.10. The molecule has 5 nitrogen and oxygen atoms in total. The topological polar surface area (TPSA) is 43.9 Å². The zero-order valence-electron chi connectivity index (χ0n) is 13.2. The average molecular weight is 336 g/mol. The first kappa shape index (κ1) is 16.3. The van der Waals surface area contributed by atoms with Crippen LogP contribution in [0.15, 0.2) is 24.3 Å². The summed E-state index contributed by atoms with van der Waals surface area (Å²) >= 11 is 6.10. The first-order valence-electron chi connectivity index (χ1n) is 8.19. The molecule has 0 radical (unpaired) electrons. The zero-order chi connectivity index (χ0) is 16.2. The number of halogens is 1. The summed E-state index contributed by atoms with van der Waals surface area (Å²) < 4.78 is 0. The number of amides is 2. The molecule has 23 heavy (non-hydrogen) atoms. The monoisotopic (exact) mass is 335 g/mol. The molecule has 3 rings (SSSR count). The Morgan fingerprint density at radius 1 is 0.913 bits per heavy atom. The summed E-state index contributed by atoms with van der Waals surface area (Å²) in [4.78, 5) is 30.6. The van der Waals surface area contributed by atoms with E-state index < -0.39 is 0 Å². The van der Waals surface area contributed by atoms with Crippen LogP contribution in [0.3, 0.4) is 0 Å². The Morgan fingerprint density at radius 3 is 2.22 bits per heavy atom. The molecule has 2 aliphatic rings. The van der Waals surface area contributed by atoms with Gasteiger partial charge in [0.15, 0.2) is 0 Å². The van der Waals surface area contributed by atoms with E-state index in [0.717, 1.165) is 39.0 Å². The van der Waals surface area contributed by atoms with Crippen LogP contribution in [0.25, 0.3) is 0 Å². The molecule has 2 amide bonds. The predicted octanol–water partition coefficient (Wildman–Crippen LogP) is 1.72. The van der Waals surface area contributed by atoms with Gasteiger partial charge in [-0.15, -0.1) is 0 Å². The molecule has 0 aliphatic carbocycles. The van der Waals surface area contributed by atoms with Crippen LogP contribution < -0.4 is 0 Å². The van der Waals surface area contributed by atoms with E-state index in [4.69, 9.17) is 11.6 Å². The molecule has 6 heteroatoms. The zero-order valence-corrected chi connectivity index (χ0v) is 14.0. The van der Waals surface area contributed by atoms with Gasteiger partial charge in [-0.3, -0.25) is 14.5 Å². The van der Waals surface area contributed by atoms with Gasteiger partial charge in [-0.25, -0.2) is 0 Å². The van der Waals surface area contributed by atoms with Gasteiger partial charge in [0.1, 0.15) is 0 Å². The lowest BCUT2D eigenvalue weighted by Gasteiger charge is -2.35. The largest absolute Gasteiger partial charge is 0.342 e. The van der Waals surface area contributed by atoms with Crippen LogP contribution in [0.1, 0.15) is 23.2 Å². The summed E-state index contributed by atoms with van der Waals surface area (Å²) in [6, 6.07) is 7.14. The van der Waals surface area contributed by atoms with Crippen molar-refractivity contribution in [3.63, 3.8) is 0 Å². The molecule has 0 spiro atoms. The summed E-state index contributed by atoms with van der Waals surface area (Å²) in [7, 11) is 0. The van der Waals surface area contributed by atoms with Crippen molar-refractivity contribution < 1.29 is 9.59 Å². The minimum absolute atomic E-state index is 0.0267. The van der Waals surface area contributed by atoms with E-state index in [2.05, 4.69) is 4.90 Å². The van der Waals surface area contributed by atoms with Crippen LogP contribution in [0, 0.1) is 0 Å². The van der Waals surface area contributed by atoms with Gasteiger partial charge in [0.2, 0.25) is 5.91 Å². The van der Waals surface area contributed by atoms with E-state index in [1.165, 1.54) is 0 Å². The molecule has 2 aliphatic heterocycles. The lowest BCUT2D eigenvalue weighted by molar-refractivity contribution is -0.131. The van der Waals surface area contributed by atoms with E-state index in [1.54, 1.807) is 12.1 Å². The highest BCUT2D eigenvalue weighted by atomic mass is 35.5. The van der Waals surface area contributed by atoms with Crippen LogP contribution >= 0.6 is 11.6 Å². The number of carbonyl (C=O) groups excluding carboxylic acids is 2. The number of likely N-dealkylation sites (tertiary alicyclic amines) is 1. The number of rotatable bonds is 3. The molecule has 0 N–H and O–H groups in total. The Bertz CT molecular complexity index is 579. The first-order chi connectivity index (χ1) is 11.1. The van der Waals surface area contributed by atoms with E-state index in [1.807, 2.05) is 21.9 Å². The molecule has 124 valence electrons. The summed E-state index contributed by atoms with van der Waals surface area (Å²) in [6.07, 6.45) is 2.23. The van der Waals surface area contributed by atoms with Gasteiger partial charge in [0.25, 0.3) is 5.91 Å². The molecule has 0 unspecified atom stereocenters. The van der Waals surface area contributed by atoms with Gasteiger partial charge in [-0.2, -0.15) is 0 Å². The Kier molecular flexibility index (Phi) is 5.18. The number of hydrogen-bond acceptors (Lipinski definition) is 3. The molecule has 1 aromatic rings. The van der Waals surface area contributed by atoms with Crippen molar-refractivity contribution in [3.05, 3.63) is 34.9 Å². The summed E-state index contributed by atoms with van der Waals surface area (Å²) in [5.74, 6) is 0.189. The Hall–Kier alpha value is -1.59. The molecule has 2 fully saturated rings. The lowest BCUT2D eigenvalue weighted by atomic mass is 10.2. The third kappa shape index (κ3) is 3.85. The van der Waals surface area contributed by atoms with Crippen molar-refractivity contribution in [2.45, 2.75) is 12.8 Å². The van der Waals surface area contributed by atoms with Crippen LogP contribution in [0.4, 0.5) is 0 Å². The maximum Gasteiger partial charge on any atom is 0.255 e. The Morgan fingerprint density at radius 2 is 1.57 bits per heavy atom. The highest BCUT2D eigenvalue weighted by Gasteiger charge is 2.26. The summed E-state index contributed by atoms with van der Waals surface area (Å²) in [5, 5.41) is 0.490. The van der Waals surface area contributed by atoms with Crippen molar-refractivity contribution >= 4 is 23.4 Å². The van der Waals surface area contributed by atoms with Gasteiger partial charge < -0.3 is 9.80 Å². The fourth-order valence-corrected chi connectivity index (χ4v) is 3.39. The van der Waals surface area contributed by atoms with Crippen molar-refractivity contribution in [1.82, 2.24) is 14.7 Å². The normalized spacial score (nSPS) is 19.2. The molecule has 0 aromatic heterocycles. The van der Waals surface area contributed by atoms with E-state index >= 15 is 0 Å². The second-order valence-corrected chi connectivity index (χ2v) is 6.54. The molecule has 1 aromatic carbocycles. The van der Waals surface area contributed by atoms with Crippen molar-refractivity contribution in [2.75, 3.05) is 45.8 Å². The van der Waals surface area contributed by atoms with Crippen molar-refractivity contribution in [1.29, 1.82) is 0 Å².